The smallest absolute Gasteiger partial charge is 0.112 e. The molecule has 92 valence electrons. The molecule has 0 aliphatic rings. The molecule has 1 atom stereocenters. The Balaban J connectivity index is 2.38. The highest BCUT2D eigenvalue weighted by Gasteiger charge is 2.13. The van der Waals surface area contributed by atoms with Crippen LogP contribution in [0.15, 0.2) is 18.2 Å². The quantitative estimate of drug-likeness (QED) is 0.819. The standard InChI is InChI=1S/C14H21N3/c1-4-5-6-10(2)14-16-12-8-7-11(15)9-13(12)17(14)3/h7-10H,4-6,15H2,1-3H3. The number of aryl methyl sites for hydroxylation is 1. The highest BCUT2D eigenvalue weighted by atomic mass is 15.1. The Morgan fingerprint density at radius 3 is 2.88 bits per heavy atom. The second-order valence-corrected chi connectivity index (χ2v) is 4.82. The summed E-state index contributed by atoms with van der Waals surface area (Å²) in [6.45, 7) is 4.47. The fourth-order valence-corrected chi connectivity index (χ4v) is 2.31. The third kappa shape index (κ3) is 2.28. The fourth-order valence-electron chi connectivity index (χ4n) is 2.31. The zero-order valence-corrected chi connectivity index (χ0v) is 10.9. The Kier molecular flexibility index (Phi) is 3.36. The number of hydrogen-bond acceptors (Lipinski definition) is 2. The highest BCUT2D eigenvalue weighted by Crippen LogP contribution is 2.25. The first-order chi connectivity index (χ1) is 8.13. The van der Waals surface area contributed by atoms with E-state index in [2.05, 4.69) is 25.5 Å². The normalized spacial score (nSPS) is 13.1. The average molecular weight is 231 g/mol. The summed E-state index contributed by atoms with van der Waals surface area (Å²) in [4.78, 5) is 4.71. The number of imidazole rings is 1. The van der Waals surface area contributed by atoms with Crippen LogP contribution in [0.5, 0.6) is 0 Å². The van der Waals surface area contributed by atoms with Crippen molar-refractivity contribution >= 4 is 16.7 Å². The fraction of sp³-hybridized carbons (Fsp3) is 0.500. The molecule has 2 rings (SSSR count). The van der Waals surface area contributed by atoms with Gasteiger partial charge < -0.3 is 10.3 Å². The maximum atomic E-state index is 5.82. The van der Waals surface area contributed by atoms with Crippen molar-refractivity contribution in [3.63, 3.8) is 0 Å². The van der Waals surface area contributed by atoms with Crippen LogP contribution >= 0.6 is 0 Å². The minimum Gasteiger partial charge on any atom is -0.399 e. The lowest BCUT2D eigenvalue weighted by Gasteiger charge is -2.10. The van der Waals surface area contributed by atoms with Crippen molar-refractivity contribution in [2.24, 2.45) is 7.05 Å². The molecule has 1 heterocycles. The van der Waals surface area contributed by atoms with E-state index in [0.717, 1.165) is 16.7 Å². The van der Waals surface area contributed by atoms with E-state index in [4.69, 9.17) is 10.7 Å². The van der Waals surface area contributed by atoms with Gasteiger partial charge in [-0.05, 0) is 24.6 Å². The van der Waals surface area contributed by atoms with Gasteiger partial charge in [-0.3, -0.25) is 0 Å². The van der Waals surface area contributed by atoms with E-state index in [-0.39, 0.29) is 0 Å². The molecule has 0 aliphatic heterocycles. The molecule has 3 nitrogen and oxygen atoms in total. The van der Waals surface area contributed by atoms with Gasteiger partial charge in [0.05, 0.1) is 11.0 Å². The van der Waals surface area contributed by atoms with Crippen LogP contribution in [0.3, 0.4) is 0 Å². The van der Waals surface area contributed by atoms with E-state index in [1.807, 2.05) is 18.2 Å². The monoisotopic (exact) mass is 231 g/mol. The number of unbranched alkanes of at least 4 members (excludes halogenated alkanes) is 1. The molecule has 0 saturated heterocycles. The number of hydrogen-bond donors (Lipinski definition) is 1. The van der Waals surface area contributed by atoms with Gasteiger partial charge in [-0.2, -0.15) is 0 Å². The molecule has 1 aromatic heterocycles. The number of benzene rings is 1. The summed E-state index contributed by atoms with van der Waals surface area (Å²) in [5, 5.41) is 0. The van der Waals surface area contributed by atoms with Gasteiger partial charge in [0.1, 0.15) is 5.82 Å². The van der Waals surface area contributed by atoms with Gasteiger partial charge in [0.2, 0.25) is 0 Å². The second-order valence-electron chi connectivity index (χ2n) is 4.82. The Morgan fingerprint density at radius 2 is 2.18 bits per heavy atom. The summed E-state index contributed by atoms with van der Waals surface area (Å²) in [6, 6.07) is 5.91. The number of nitrogen functional groups attached to an aromatic ring is 1. The number of anilines is 1. The maximum Gasteiger partial charge on any atom is 0.112 e. The summed E-state index contributed by atoms with van der Waals surface area (Å²) < 4.78 is 2.17. The highest BCUT2D eigenvalue weighted by molar-refractivity contribution is 5.79. The maximum absolute atomic E-state index is 5.82. The largest absolute Gasteiger partial charge is 0.399 e. The van der Waals surface area contributed by atoms with Crippen LogP contribution < -0.4 is 5.73 Å². The molecule has 3 heteroatoms. The molecular formula is C14H21N3. The third-order valence-electron chi connectivity index (χ3n) is 3.37. The van der Waals surface area contributed by atoms with Gasteiger partial charge >= 0.3 is 0 Å². The second kappa shape index (κ2) is 4.78. The summed E-state index contributed by atoms with van der Waals surface area (Å²) in [7, 11) is 2.08. The van der Waals surface area contributed by atoms with E-state index in [0.29, 0.717) is 5.92 Å². The van der Waals surface area contributed by atoms with Crippen molar-refractivity contribution in [1.82, 2.24) is 9.55 Å². The SMILES string of the molecule is CCCCC(C)c1nc2ccc(N)cc2n1C. The van der Waals surface area contributed by atoms with Crippen molar-refractivity contribution in [3.05, 3.63) is 24.0 Å². The molecule has 0 fully saturated rings. The molecule has 2 N–H and O–H groups in total. The van der Waals surface area contributed by atoms with Crippen LogP contribution in [0.25, 0.3) is 11.0 Å². The number of nitrogens with zero attached hydrogens (tertiary/aromatic N) is 2. The summed E-state index contributed by atoms with van der Waals surface area (Å²) in [6.07, 6.45) is 3.69. The molecule has 17 heavy (non-hydrogen) atoms. The lowest BCUT2D eigenvalue weighted by molar-refractivity contribution is 0.580. The van der Waals surface area contributed by atoms with Crippen LogP contribution in [-0.2, 0) is 7.05 Å². The van der Waals surface area contributed by atoms with Gasteiger partial charge in [-0.1, -0.05) is 26.7 Å². The first-order valence-corrected chi connectivity index (χ1v) is 6.35. The zero-order chi connectivity index (χ0) is 12.4. The molecular weight excluding hydrogens is 210 g/mol. The van der Waals surface area contributed by atoms with Crippen molar-refractivity contribution in [2.75, 3.05) is 5.73 Å². The van der Waals surface area contributed by atoms with Crippen LogP contribution in [0.2, 0.25) is 0 Å². The molecule has 0 aliphatic carbocycles. The number of aromatic nitrogens is 2. The molecule has 0 bridgehead atoms. The number of rotatable bonds is 4. The van der Waals surface area contributed by atoms with Crippen molar-refractivity contribution in [2.45, 2.75) is 39.0 Å². The topological polar surface area (TPSA) is 43.8 Å². The minimum absolute atomic E-state index is 0.508. The Morgan fingerprint density at radius 1 is 1.41 bits per heavy atom. The molecule has 0 radical (unpaired) electrons. The van der Waals surface area contributed by atoms with E-state index in [1.165, 1.54) is 25.1 Å². The van der Waals surface area contributed by atoms with E-state index in [1.54, 1.807) is 0 Å². The van der Waals surface area contributed by atoms with Crippen LogP contribution in [-0.4, -0.2) is 9.55 Å². The summed E-state index contributed by atoms with van der Waals surface area (Å²) >= 11 is 0. The van der Waals surface area contributed by atoms with Crippen LogP contribution in [0.4, 0.5) is 5.69 Å². The van der Waals surface area contributed by atoms with Gasteiger partial charge in [-0.15, -0.1) is 0 Å². The summed E-state index contributed by atoms with van der Waals surface area (Å²) in [5.41, 5.74) is 8.79. The Labute approximate surface area is 103 Å². The van der Waals surface area contributed by atoms with E-state index in [9.17, 15) is 0 Å². The molecule has 0 amide bonds. The van der Waals surface area contributed by atoms with Crippen molar-refractivity contribution < 1.29 is 0 Å². The lowest BCUT2D eigenvalue weighted by atomic mass is 10.0. The predicted molar refractivity (Wildman–Crippen MR) is 73.1 cm³/mol. The van der Waals surface area contributed by atoms with E-state index < -0.39 is 0 Å². The molecule has 1 aromatic carbocycles. The Bertz CT molecular complexity index is 513. The Hall–Kier alpha value is -1.51. The van der Waals surface area contributed by atoms with Gasteiger partial charge in [-0.25, -0.2) is 4.98 Å². The first kappa shape index (κ1) is 12.0. The summed E-state index contributed by atoms with van der Waals surface area (Å²) in [5.74, 6) is 1.67. The van der Waals surface area contributed by atoms with Gasteiger partial charge in [0.15, 0.2) is 0 Å². The average Bonchev–Trinajstić information content (AvgIpc) is 2.64. The van der Waals surface area contributed by atoms with Gasteiger partial charge in [0.25, 0.3) is 0 Å². The predicted octanol–water partition coefficient (Wildman–Crippen LogP) is 3.45. The molecule has 0 spiro atoms. The molecule has 1 unspecified atom stereocenters. The number of fused-ring (bicyclic) bond motifs is 1. The van der Waals surface area contributed by atoms with Crippen LogP contribution in [0, 0.1) is 0 Å². The van der Waals surface area contributed by atoms with Crippen molar-refractivity contribution in [3.8, 4) is 0 Å². The van der Waals surface area contributed by atoms with Crippen LogP contribution in [0.1, 0.15) is 44.9 Å². The van der Waals surface area contributed by atoms with Gasteiger partial charge in [0, 0.05) is 18.7 Å². The minimum atomic E-state index is 0.508. The third-order valence-corrected chi connectivity index (χ3v) is 3.37. The van der Waals surface area contributed by atoms with Crippen molar-refractivity contribution in [1.29, 1.82) is 0 Å². The molecule has 0 saturated carbocycles. The molecule has 2 aromatic rings. The zero-order valence-electron chi connectivity index (χ0n) is 10.9. The first-order valence-electron chi connectivity index (χ1n) is 6.35. The number of nitrogens with two attached hydrogens (primary N) is 1. The van der Waals surface area contributed by atoms with E-state index >= 15 is 0 Å². The lowest BCUT2D eigenvalue weighted by Crippen LogP contribution is -2.03.